The van der Waals surface area contributed by atoms with Gasteiger partial charge in [-0.2, -0.15) is 0 Å². The Bertz CT molecular complexity index is 844. The molecule has 3 heterocycles. The largest absolute Gasteiger partial charge is 0.338 e. The van der Waals surface area contributed by atoms with Gasteiger partial charge in [-0.05, 0) is 31.0 Å². The number of likely N-dealkylation sites (tertiary alicyclic amines) is 1. The summed E-state index contributed by atoms with van der Waals surface area (Å²) in [6.45, 7) is 1.09. The summed E-state index contributed by atoms with van der Waals surface area (Å²) >= 11 is 0. The van der Waals surface area contributed by atoms with Crippen molar-refractivity contribution >= 4 is 28.9 Å². The molecule has 4 amide bonds. The summed E-state index contributed by atoms with van der Waals surface area (Å²) in [6.07, 6.45) is 4.40. The van der Waals surface area contributed by atoms with Crippen LogP contribution in [-0.4, -0.2) is 63.3 Å². The lowest BCUT2D eigenvalue weighted by molar-refractivity contribution is -0.127. The highest BCUT2D eigenvalue weighted by molar-refractivity contribution is 6.02. The van der Waals surface area contributed by atoms with Gasteiger partial charge in [-0.3, -0.25) is 24.5 Å². The van der Waals surface area contributed by atoms with Gasteiger partial charge < -0.3 is 10.2 Å². The summed E-state index contributed by atoms with van der Waals surface area (Å²) in [6, 6.07) is 4.82. The number of amides is 4. The standard InChI is InChI=1S/C17H17N5O3/c23-15-10-20-17(25)22(15)12-3-7-21(8-4-12)16(24)11-1-2-13-14(9-11)19-6-5-18-13/h1-2,5-6,9,12H,3-4,7-8,10H2,(H,20,25). The van der Waals surface area contributed by atoms with E-state index in [1.54, 1.807) is 35.5 Å². The Hall–Kier alpha value is -3.03. The van der Waals surface area contributed by atoms with Gasteiger partial charge in [0.05, 0.1) is 17.6 Å². The Morgan fingerprint density at radius 2 is 1.80 bits per heavy atom. The molecule has 4 rings (SSSR count). The molecule has 25 heavy (non-hydrogen) atoms. The number of imide groups is 1. The van der Waals surface area contributed by atoms with Crippen LogP contribution in [0.2, 0.25) is 0 Å². The molecule has 2 saturated heterocycles. The number of aromatic nitrogens is 2. The fourth-order valence-corrected chi connectivity index (χ4v) is 3.41. The Labute approximate surface area is 143 Å². The summed E-state index contributed by atoms with van der Waals surface area (Å²) in [5.74, 6) is -0.258. The van der Waals surface area contributed by atoms with Crippen LogP contribution in [0, 0.1) is 0 Å². The van der Waals surface area contributed by atoms with Crippen molar-refractivity contribution in [2.24, 2.45) is 0 Å². The molecule has 1 aromatic heterocycles. The van der Waals surface area contributed by atoms with Crippen LogP contribution in [0.3, 0.4) is 0 Å². The number of benzene rings is 1. The molecule has 0 unspecified atom stereocenters. The molecular weight excluding hydrogens is 322 g/mol. The van der Waals surface area contributed by atoms with Crippen LogP contribution in [-0.2, 0) is 4.79 Å². The third-order valence-electron chi connectivity index (χ3n) is 4.71. The predicted molar refractivity (Wildman–Crippen MR) is 88.7 cm³/mol. The zero-order valence-electron chi connectivity index (χ0n) is 13.5. The second-order valence-corrected chi connectivity index (χ2v) is 6.21. The number of rotatable bonds is 2. The third kappa shape index (κ3) is 2.79. The second-order valence-electron chi connectivity index (χ2n) is 6.21. The quantitative estimate of drug-likeness (QED) is 0.816. The molecule has 1 N–H and O–H groups in total. The van der Waals surface area contributed by atoms with Crippen molar-refractivity contribution in [2.45, 2.75) is 18.9 Å². The molecule has 2 fully saturated rings. The number of urea groups is 1. The highest BCUT2D eigenvalue weighted by atomic mass is 16.2. The van der Waals surface area contributed by atoms with Crippen molar-refractivity contribution in [3.8, 4) is 0 Å². The van der Waals surface area contributed by atoms with E-state index >= 15 is 0 Å². The maximum absolute atomic E-state index is 12.7. The van der Waals surface area contributed by atoms with Crippen molar-refractivity contribution in [1.29, 1.82) is 0 Å². The average molecular weight is 339 g/mol. The SMILES string of the molecule is O=C(c1ccc2nccnc2c1)N1CCC(N2C(=O)CNC2=O)CC1. The highest BCUT2D eigenvalue weighted by Crippen LogP contribution is 2.21. The van der Waals surface area contributed by atoms with Gasteiger partial charge in [0.25, 0.3) is 5.91 Å². The smallest absolute Gasteiger partial charge is 0.324 e. The predicted octanol–water partition coefficient (Wildman–Crippen LogP) is 0.786. The molecule has 2 aliphatic rings. The number of carbonyl (C=O) groups is 3. The molecular formula is C17H17N5O3. The Kier molecular flexibility index (Phi) is 3.79. The molecule has 0 atom stereocenters. The Balaban J connectivity index is 1.45. The van der Waals surface area contributed by atoms with Crippen LogP contribution in [0.15, 0.2) is 30.6 Å². The number of piperidine rings is 1. The first kappa shape index (κ1) is 15.5. The molecule has 8 nitrogen and oxygen atoms in total. The minimum Gasteiger partial charge on any atom is -0.338 e. The molecule has 0 spiro atoms. The molecule has 0 radical (unpaired) electrons. The van der Waals surface area contributed by atoms with Gasteiger partial charge in [-0.25, -0.2) is 4.79 Å². The van der Waals surface area contributed by atoms with E-state index in [4.69, 9.17) is 0 Å². The first-order valence-electron chi connectivity index (χ1n) is 8.23. The minimum absolute atomic E-state index is 0.0656. The maximum Gasteiger partial charge on any atom is 0.324 e. The van der Waals surface area contributed by atoms with Crippen LogP contribution < -0.4 is 5.32 Å². The number of hydrogen-bond acceptors (Lipinski definition) is 5. The van der Waals surface area contributed by atoms with E-state index in [1.807, 2.05) is 0 Å². The van der Waals surface area contributed by atoms with E-state index < -0.39 is 0 Å². The van der Waals surface area contributed by atoms with Gasteiger partial charge in [-0.15, -0.1) is 0 Å². The Morgan fingerprint density at radius 3 is 2.48 bits per heavy atom. The molecule has 128 valence electrons. The fraction of sp³-hybridized carbons (Fsp3) is 0.353. The third-order valence-corrected chi connectivity index (χ3v) is 4.71. The lowest BCUT2D eigenvalue weighted by Gasteiger charge is -2.35. The zero-order chi connectivity index (χ0) is 17.4. The van der Waals surface area contributed by atoms with E-state index in [1.165, 1.54) is 4.90 Å². The van der Waals surface area contributed by atoms with Crippen LogP contribution in [0.25, 0.3) is 11.0 Å². The van der Waals surface area contributed by atoms with Crippen molar-refractivity contribution < 1.29 is 14.4 Å². The number of nitrogens with zero attached hydrogens (tertiary/aromatic N) is 4. The molecule has 2 aliphatic heterocycles. The van der Waals surface area contributed by atoms with E-state index in [9.17, 15) is 14.4 Å². The van der Waals surface area contributed by atoms with Gasteiger partial charge >= 0.3 is 6.03 Å². The minimum atomic E-state index is -0.331. The molecule has 0 bridgehead atoms. The topological polar surface area (TPSA) is 95.5 Å². The molecule has 0 saturated carbocycles. The summed E-state index contributed by atoms with van der Waals surface area (Å²) < 4.78 is 0. The van der Waals surface area contributed by atoms with Crippen molar-refractivity contribution in [1.82, 2.24) is 25.1 Å². The maximum atomic E-state index is 12.7. The number of fused-ring (bicyclic) bond motifs is 1. The second kappa shape index (κ2) is 6.12. The Morgan fingerprint density at radius 1 is 1.08 bits per heavy atom. The average Bonchev–Trinajstić information content (AvgIpc) is 2.99. The van der Waals surface area contributed by atoms with Crippen molar-refractivity contribution in [3.63, 3.8) is 0 Å². The van der Waals surface area contributed by atoms with Gasteiger partial charge in [-0.1, -0.05) is 0 Å². The summed E-state index contributed by atoms with van der Waals surface area (Å²) in [4.78, 5) is 47.7. The summed E-state index contributed by atoms with van der Waals surface area (Å²) in [5, 5.41) is 2.54. The summed E-state index contributed by atoms with van der Waals surface area (Å²) in [5.41, 5.74) is 2.00. The van der Waals surface area contributed by atoms with Crippen LogP contribution in [0.5, 0.6) is 0 Å². The highest BCUT2D eigenvalue weighted by Gasteiger charge is 2.37. The van der Waals surface area contributed by atoms with Gasteiger partial charge in [0, 0.05) is 37.1 Å². The van der Waals surface area contributed by atoms with Crippen molar-refractivity contribution in [2.75, 3.05) is 19.6 Å². The van der Waals surface area contributed by atoms with E-state index in [0.29, 0.717) is 37.0 Å². The van der Waals surface area contributed by atoms with E-state index in [2.05, 4.69) is 15.3 Å². The molecule has 8 heteroatoms. The van der Waals surface area contributed by atoms with Gasteiger partial charge in [0.1, 0.15) is 0 Å². The number of hydrogen-bond donors (Lipinski definition) is 1. The number of nitrogens with one attached hydrogen (secondary N) is 1. The normalized spacial score (nSPS) is 18.7. The lowest BCUT2D eigenvalue weighted by Crippen LogP contribution is -2.49. The fourth-order valence-electron chi connectivity index (χ4n) is 3.41. The van der Waals surface area contributed by atoms with E-state index in [0.717, 1.165) is 5.52 Å². The number of carbonyl (C=O) groups excluding carboxylic acids is 3. The first-order valence-corrected chi connectivity index (χ1v) is 8.23. The molecule has 0 aliphatic carbocycles. The van der Waals surface area contributed by atoms with Gasteiger partial charge in [0.15, 0.2) is 0 Å². The zero-order valence-corrected chi connectivity index (χ0v) is 13.5. The molecule has 2 aromatic rings. The van der Waals surface area contributed by atoms with E-state index in [-0.39, 0.29) is 30.4 Å². The monoisotopic (exact) mass is 339 g/mol. The lowest BCUT2D eigenvalue weighted by atomic mass is 10.0. The van der Waals surface area contributed by atoms with Crippen LogP contribution >= 0.6 is 0 Å². The van der Waals surface area contributed by atoms with Crippen LogP contribution in [0.1, 0.15) is 23.2 Å². The summed E-state index contributed by atoms with van der Waals surface area (Å²) in [7, 11) is 0. The van der Waals surface area contributed by atoms with Crippen LogP contribution in [0.4, 0.5) is 4.79 Å². The van der Waals surface area contributed by atoms with Crippen molar-refractivity contribution in [3.05, 3.63) is 36.2 Å². The molecule has 1 aromatic carbocycles. The van der Waals surface area contributed by atoms with Gasteiger partial charge in [0.2, 0.25) is 5.91 Å². The first-order chi connectivity index (χ1) is 12.1.